The first-order valence-corrected chi connectivity index (χ1v) is 8.94. The molecule has 0 bridgehead atoms. The highest BCUT2D eigenvalue weighted by atomic mass is 16.2. The van der Waals surface area contributed by atoms with Gasteiger partial charge in [0.2, 0.25) is 5.91 Å². The summed E-state index contributed by atoms with van der Waals surface area (Å²) in [6.07, 6.45) is 0. The van der Waals surface area contributed by atoms with Crippen LogP contribution in [-0.4, -0.2) is 27.0 Å². The second-order valence-corrected chi connectivity index (χ2v) is 6.67. The third-order valence-electron chi connectivity index (χ3n) is 4.71. The predicted octanol–water partition coefficient (Wildman–Crippen LogP) is 2.15. The summed E-state index contributed by atoms with van der Waals surface area (Å²) in [7, 11) is 1.71. The molecule has 27 heavy (non-hydrogen) atoms. The smallest absolute Gasteiger partial charge is 0.331 e. The Morgan fingerprint density at radius 1 is 1.00 bits per heavy atom. The zero-order valence-corrected chi connectivity index (χ0v) is 15.8. The van der Waals surface area contributed by atoms with Gasteiger partial charge < -0.3 is 4.90 Å². The molecule has 6 heteroatoms. The Kier molecular flexibility index (Phi) is 5.26. The molecule has 0 unspecified atom stereocenters. The first kappa shape index (κ1) is 18.6. The molecule has 3 aromatic rings. The second kappa shape index (κ2) is 7.61. The number of likely N-dealkylation sites (N-methyl/N-ethyl adjacent to an activating group) is 1. The Bertz CT molecular complexity index is 1090. The molecule has 0 aliphatic rings. The number of carbonyl (C=O) groups is 1. The number of aromatic nitrogens is 2. The van der Waals surface area contributed by atoms with Crippen LogP contribution >= 0.6 is 0 Å². The number of fused-ring (bicyclic) bond motifs is 1. The minimum atomic E-state index is -0.460. The Hall–Kier alpha value is -3.15. The molecule has 1 aromatic heterocycles. The normalized spacial score (nSPS) is 10.9. The average molecular weight is 365 g/mol. The summed E-state index contributed by atoms with van der Waals surface area (Å²) >= 11 is 0. The van der Waals surface area contributed by atoms with Gasteiger partial charge in [-0.25, -0.2) is 4.79 Å². The van der Waals surface area contributed by atoms with E-state index in [9.17, 15) is 14.4 Å². The minimum Gasteiger partial charge on any atom is -0.340 e. The molecule has 0 aliphatic heterocycles. The number of hydrogen-bond acceptors (Lipinski definition) is 3. The molecule has 0 saturated heterocycles. The molecule has 0 aliphatic carbocycles. The van der Waals surface area contributed by atoms with Crippen molar-refractivity contribution in [1.29, 1.82) is 0 Å². The van der Waals surface area contributed by atoms with Crippen LogP contribution in [0.1, 0.15) is 18.1 Å². The fraction of sp³-hybridized carbons (Fsp3) is 0.286. The van der Waals surface area contributed by atoms with E-state index in [0.717, 1.165) is 15.7 Å². The maximum atomic E-state index is 12.7. The molecule has 0 fully saturated rings. The highest BCUT2D eigenvalue weighted by molar-refractivity contribution is 5.81. The van der Waals surface area contributed by atoms with Crippen molar-refractivity contribution < 1.29 is 4.79 Å². The van der Waals surface area contributed by atoms with Gasteiger partial charge in [0.15, 0.2) is 0 Å². The lowest BCUT2D eigenvalue weighted by molar-refractivity contribution is -0.131. The highest BCUT2D eigenvalue weighted by Crippen LogP contribution is 2.10. The topological polar surface area (TPSA) is 64.3 Å². The maximum Gasteiger partial charge on any atom is 0.331 e. The third-order valence-corrected chi connectivity index (χ3v) is 4.71. The van der Waals surface area contributed by atoms with Gasteiger partial charge >= 0.3 is 5.69 Å². The average Bonchev–Trinajstić information content (AvgIpc) is 2.67. The van der Waals surface area contributed by atoms with E-state index in [0.29, 0.717) is 17.4 Å². The van der Waals surface area contributed by atoms with Gasteiger partial charge in [0, 0.05) is 20.1 Å². The van der Waals surface area contributed by atoms with Gasteiger partial charge in [-0.05, 0) is 31.5 Å². The van der Waals surface area contributed by atoms with Crippen molar-refractivity contribution in [1.82, 2.24) is 14.0 Å². The van der Waals surface area contributed by atoms with E-state index >= 15 is 0 Å². The van der Waals surface area contributed by atoms with Gasteiger partial charge in [0.1, 0.15) is 6.54 Å². The van der Waals surface area contributed by atoms with E-state index in [2.05, 4.69) is 0 Å². The molecule has 0 radical (unpaired) electrons. The van der Waals surface area contributed by atoms with Crippen molar-refractivity contribution >= 4 is 16.8 Å². The summed E-state index contributed by atoms with van der Waals surface area (Å²) in [6, 6.07) is 14.9. The molecule has 2 aromatic carbocycles. The van der Waals surface area contributed by atoms with Crippen LogP contribution in [0.4, 0.5) is 0 Å². The molecule has 0 spiro atoms. The molecule has 0 N–H and O–H groups in total. The summed E-state index contributed by atoms with van der Waals surface area (Å²) < 4.78 is 2.55. The van der Waals surface area contributed by atoms with E-state index in [-0.39, 0.29) is 24.6 Å². The molecule has 0 atom stereocenters. The molecule has 3 rings (SSSR count). The van der Waals surface area contributed by atoms with Crippen molar-refractivity contribution in [3.8, 4) is 0 Å². The van der Waals surface area contributed by atoms with E-state index in [4.69, 9.17) is 0 Å². The number of benzene rings is 2. The fourth-order valence-electron chi connectivity index (χ4n) is 3.11. The van der Waals surface area contributed by atoms with Gasteiger partial charge in [-0.2, -0.15) is 0 Å². The SMILES string of the molecule is CCn1c(=O)c2ccccc2n(CC(=O)N(C)Cc2ccc(C)cc2)c1=O. The molecular formula is C21H23N3O3. The molecule has 6 nitrogen and oxygen atoms in total. The molecule has 140 valence electrons. The van der Waals surface area contributed by atoms with Gasteiger partial charge in [-0.3, -0.25) is 18.7 Å². The van der Waals surface area contributed by atoms with Crippen LogP contribution in [0, 0.1) is 6.92 Å². The Labute approximate surface area is 157 Å². The van der Waals surface area contributed by atoms with Crippen LogP contribution < -0.4 is 11.2 Å². The zero-order valence-electron chi connectivity index (χ0n) is 15.8. The van der Waals surface area contributed by atoms with E-state index in [1.165, 1.54) is 4.57 Å². The van der Waals surface area contributed by atoms with Gasteiger partial charge in [0.05, 0.1) is 10.9 Å². The highest BCUT2D eigenvalue weighted by Gasteiger charge is 2.16. The summed E-state index contributed by atoms with van der Waals surface area (Å²) in [5, 5.41) is 0.438. The fourth-order valence-corrected chi connectivity index (χ4v) is 3.11. The second-order valence-electron chi connectivity index (χ2n) is 6.67. The van der Waals surface area contributed by atoms with Gasteiger partial charge in [0.25, 0.3) is 5.56 Å². The number of hydrogen-bond donors (Lipinski definition) is 0. The zero-order chi connectivity index (χ0) is 19.6. The molecular weight excluding hydrogens is 342 g/mol. The van der Waals surface area contributed by atoms with Gasteiger partial charge in [-0.1, -0.05) is 42.0 Å². The van der Waals surface area contributed by atoms with Crippen LogP contribution in [-0.2, 0) is 24.4 Å². The number of aryl methyl sites for hydroxylation is 1. The van der Waals surface area contributed by atoms with Crippen LogP contribution in [0.3, 0.4) is 0 Å². The van der Waals surface area contributed by atoms with Crippen LogP contribution in [0.25, 0.3) is 10.9 Å². The third kappa shape index (κ3) is 3.69. The van der Waals surface area contributed by atoms with Crippen molar-refractivity contribution in [3.63, 3.8) is 0 Å². The minimum absolute atomic E-state index is 0.109. The Morgan fingerprint density at radius 2 is 1.67 bits per heavy atom. The van der Waals surface area contributed by atoms with Crippen molar-refractivity contribution in [2.45, 2.75) is 33.5 Å². The monoisotopic (exact) mass is 365 g/mol. The lowest BCUT2D eigenvalue weighted by atomic mass is 10.1. The van der Waals surface area contributed by atoms with E-state index in [1.807, 2.05) is 31.2 Å². The number of carbonyl (C=O) groups excluding carboxylic acids is 1. The summed E-state index contributed by atoms with van der Waals surface area (Å²) in [5.74, 6) is -0.191. The Morgan fingerprint density at radius 3 is 2.33 bits per heavy atom. The van der Waals surface area contributed by atoms with E-state index < -0.39 is 5.69 Å². The number of nitrogens with zero attached hydrogens (tertiary/aromatic N) is 3. The summed E-state index contributed by atoms with van der Waals surface area (Å²) in [4.78, 5) is 39.6. The Balaban J connectivity index is 1.93. The summed E-state index contributed by atoms with van der Waals surface area (Å²) in [6.45, 7) is 4.36. The lowest BCUT2D eigenvalue weighted by Gasteiger charge is -2.19. The largest absolute Gasteiger partial charge is 0.340 e. The molecule has 1 heterocycles. The quantitative estimate of drug-likeness (QED) is 0.696. The standard InChI is InChI=1S/C21H23N3O3/c1-4-23-20(26)17-7-5-6-8-18(17)24(21(23)27)14-19(25)22(3)13-16-11-9-15(2)10-12-16/h5-12H,4,13-14H2,1-3H3. The van der Waals surface area contributed by atoms with Crippen LogP contribution in [0.5, 0.6) is 0 Å². The maximum absolute atomic E-state index is 12.7. The van der Waals surface area contributed by atoms with E-state index in [1.54, 1.807) is 43.1 Å². The lowest BCUT2D eigenvalue weighted by Crippen LogP contribution is -2.42. The summed E-state index contributed by atoms with van der Waals surface area (Å²) in [5.41, 5.74) is 1.88. The van der Waals surface area contributed by atoms with Crippen molar-refractivity contribution in [2.24, 2.45) is 0 Å². The number of rotatable bonds is 5. The predicted molar refractivity (Wildman–Crippen MR) is 106 cm³/mol. The van der Waals surface area contributed by atoms with Gasteiger partial charge in [-0.15, -0.1) is 0 Å². The first-order valence-electron chi connectivity index (χ1n) is 8.94. The molecule has 1 amide bonds. The number of para-hydroxylation sites is 1. The van der Waals surface area contributed by atoms with Crippen LogP contribution in [0.15, 0.2) is 58.1 Å². The van der Waals surface area contributed by atoms with Crippen LogP contribution in [0.2, 0.25) is 0 Å². The first-order chi connectivity index (χ1) is 12.9. The van der Waals surface area contributed by atoms with Crippen molar-refractivity contribution in [3.05, 3.63) is 80.5 Å². The van der Waals surface area contributed by atoms with Crippen molar-refractivity contribution in [2.75, 3.05) is 7.05 Å². The molecule has 0 saturated carbocycles. The number of amides is 1.